The molecule has 0 aliphatic heterocycles. The van der Waals surface area contributed by atoms with Crippen LogP contribution in [0.1, 0.15) is 31.2 Å². The molecule has 0 saturated carbocycles. The van der Waals surface area contributed by atoms with E-state index in [1.807, 2.05) is 12.1 Å². The van der Waals surface area contributed by atoms with Crippen LogP contribution in [0.5, 0.6) is 0 Å². The largest absolute Gasteiger partial charge is 0.391 e. The number of nitrogens with zero attached hydrogens (tertiary/aromatic N) is 1. The lowest BCUT2D eigenvalue weighted by Gasteiger charge is -2.12. The van der Waals surface area contributed by atoms with Gasteiger partial charge in [0.15, 0.2) is 0 Å². The van der Waals surface area contributed by atoms with Gasteiger partial charge in [-0.05, 0) is 35.8 Å². The van der Waals surface area contributed by atoms with E-state index in [-0.39, 0.29) is 0 Å². The van der Waals surface area contributed by atoms with Gasteiger partial charge < -0.3 is 10.4 Å². The fourth-order valence-electron chi connectivity index (χ4n) is 1.92. The summed E-state index contributed by atoms with van der Waals surface area (Å²) in [5.74, 6) is 1.19. The Morgan fingerprint density at radius 1 is 1.25 bits per heavy atom. The Hall–Kier alpha value is -1.66. The van der Waals surface area contributed by atoms with Gasteiger partial charge in [0, 0.05) is 18.7 Å². The molecule has 0 saturated heterocycles. The van der Waals surface area contributed by atoms with E-state index in [0.29, 0.717) is 29.5 Å². The molecule has 5 nitrogen and oxygen atoms in total. The summed E-state index contributed by atoms with van der Waals surface area (Å²) in [6, 6.07) is 8.27. The van der Waals surface area contributed by atoms with E-state index in [0.717, 1.165) is 5.69 Å². The van der Waals surface area contributed by atoms with Crippen molar-refractivity contribution in [3.05, 3.63) is 40.4 Å². The first-order valence-corrected chi connectivity index (χ1v) is 7.11. The molecule has 4 N–H and O–H groups in total. The first-order chi connectivity index (χ1) is 9.54. The van der Waals surface area contributed by atoms with Crippen molar-refractivity contribution in [2.45, 2.75) is 32.3 Å². The van der Waals surface area contributed by atoms with E-state index in [2.05, 4.69) is 46.5 Å². The Bertz CT molecular complexity index is 588. The average molecular weight is 292 g/mol. The molecule has 2 rings (SSSR count). The van der Waals surface area contributed by atoms with Gasteiger partial charge in [0.25, 0.3) is 0 Å². The van der Waals surface area contributed by atoms with Crippen LogP contribution < -0.4 is 5.32 Å². The molecule has 1 aromatic heterocycles. The Balaban J connectivity index is 1.83. The molecule has 1 heterocycles. The van der Waals surface area contributed by atoms with Crippen LogP contribution in [-0.4, -0.2) is 32.9 Å². The highest BCUT2D eigenvalue weighted by Crippen LogP contribution is 2.17. The van der Waals surface area contributed by atoms with Crippen LogP contribution in [-0.2, 0) is 6.42 Å². The zero-order valence-electron chi connectivity index (χ0n) is 11.7. The third kappa shape index (κ3) is 4.18. The maximum Gasteiger partial charge on any atom is 0.213 e. The average Bonchev–Trinajstić information content (AvgIpc) is 2.82. The highest BCUT2D eigenvalue weighted by Gasteiger charge is 2.08. The fourth-order valence-corrected chi connectivity index (χ4v) is 2.08. The van der Waals surface area contributed by atoms with Crippen LogP contribution in [0.15, 0.2) is 24.3 Å². The zero-order valence-corrected chi connectivity index (χ0v) is 12.5. The predicted octanol–water partition coefficient (Wildman–Crippen LogP) is 2.61. The van der Waals surface area contributed by atoms with Crippen molar-refractivity contribution in [2.24, 2.45) is 0 Å². The Morgan fingerprint density at radius 3 is 2.50 bits per heavy atom. The summed E-state index contributed by atoms with van der Waals surface area (Å²) in [7, 11) is 0. The summed E-state index contributed by atoms with van der Waals surface area (Å²) in [6.45, 7) is 4.80. The molecular formula is C14H20N4OS. The molecule has 6 heteroatoms. The van der Waals surface area contributed by atoms with Crippen molar-refractivity contribution in [2.75, 3.05) is 11.9 Å². The molecule has 108 valence electrons. The molecular weight excluding hydrogens is 272 g/mol. The number of aliphatic hydroxyl groups excluding tert-OH is 1. The lowest BCUT2D eigenvalue weighted by Crippen LogP contribution is -2.22. The van der Waals surface area contributed by atoms with E-state index in [9.17, 15) is 5.11 Å². The Kier molecular flexibility index (Phi) is 4.92. The summed E-state index contributed by atoms with van der Waals surface area (Å²) in [5, 5.41) is 18.7. The van der Waals surface area contributed by atoms with E-state index >= 15 is 0 Å². The second-order valence-electron chi connectivity index (χ2n) is 5.13. The number of nitrogens with one attached hydrogen (secondary N) is 3. The summed E-state index contributed by atoms with van der Waals surface area (Å²) in [6.07, 6.45) is -0.0850. The molecule has 2 aromatic rings. The third-order valence-corrected chi connectivity index (χ3v) is 3.29. The van der Waals surface area contributed by atoms with Crippen LogP contribution in [0.3, 0.4) is 0 Å². The van der Waals surface area contributed by atoms with Crippen LogP contribution in [0.2, 0.25) is 0 Å². The molecule has 0 radical (unpaired) electrons. The van der Waals surface area contributed by atoms with Gasteiger partial charge in [-0.2, -0.15) is 0 Å². The van der Waals surface area contributed by atoms with Gasteiger partial charge in [0.2, 0.25) is 4.77 Å². The molecule has 0 fully saturated rings. The fraction of sp³-hybridized carbons (Fsp3) is 0.429. The summed E-state index contributed by atoms with van der Waals surface area (Å²) >= 11 is 4.86. The normalized spacial score (nSPS) is 12.6. The summed E-state index contributed by atoms with van der Waals surface area (Å²) < 4.78 is 0.407. The maximum absolute atomic E-state index is 9.95. The number of benzene rings is 1. The van der Waals surface area contributed by atoms with E-state index < -0.39 is 6.10 Å². The van der Waals surface area contributed by atoms with Crippen LogP contribution in [0.25, 0.3) is 0 Å². The monoisotopic (exact) mass is 292 g/mol. The van der Waals surface area contributed by atoms with Gasteiger partial charge in [-0.15, -0.1) is 0 Å². The molecule has 0 amide bonds. The Morgan fingerprint density at radius 2 is 1.95 bits per heavy atom. The van der Waals surface area contributed by atoms with Crippen molar-refractivity contribution < 1.29 is 5.11 Å². The third-order valence-electron chi connectivity index (χ3n) is 3.10. The lowest BCUT2D eigenvalue weighted by molar-refractivity contribution is 0.185. The molecule has 20 heavy (non-hydrogen) atoms. The maximum atomic E-state index is 9.95. The highest BCUT2D eigenvalue weighted by molar-refractivity contribution is 7.71. The molecule has 1 aromatic carbocycles. The van der Waals surface area contributed by atoms with Crippen LogP contribution in [0.4, 0.5) is 5.69 Å². The first-order valence-electron chi connectivity index (χ1n) is 6.70. The topological polar surface area (TPSA) is 76.7 Å². The lowest BCUT2D eigenvalue weighted by atomic mass is 10.0. The number of aromatic amines is 2. The number of aromatic nitrogens is 3. The number of hydrogen-bond donors (Lipinski definition) is 4. The smallest absolute Gasteiger partial charge is 0.213 e. The molecule has 1 atom stereocenters. The second kappa shape index (κ2) is 6.67. The minimum absolute atomic E-state index is 0.407. The van der Waals surface area contributed by atoms with Gasteiger partial charge in [-0.3, -0.25) is 10.2 Å². The highest BCUT2D eigenvalue weighted by atomic mass is 32.1. The SMILES string of the molecule is CC(C)c1ccc(NCC(O)Cc2nc(=S)[nH][nH]2)cc1. The van der Waals surface area contributed by atoms with Gasteiger partial charge in [0.05, 0.1) is 6.10 Å². The van der Waals surface area contributed by atoms with Crippen molar-refractivity contribution in [1.82, 2.24) is 15.2 Å². The van der Waals surface area contributed by atoms with Gasteiger partial charge >= 0.3 is 0 Å². The predicted molar refractivity (Wildman–Crippen MR) is 82.5 cm³/mol. The molecule has 0 spiro atoms. The van der Waals surface area contributed by atoms with Gasteiger partial charge in [0.1, 0.15) is 5.82 Å². The van der Waals surface area contributed by atoms with Crippen LogP contribution >= 0.6 is 12.2 Å². The number of aliphatic hydroxyl groups is 1. The number of rotatable bonds is 6. The van der Waals surface area contributed by atoms with Crippen molar-refractivity contribution in [1.29, 1.82) is 0 Å². The molecule has 0 bridgehead atoms. The molecule has 1 unspecified atom stereocenters. The minimum atomic E-state index is -0.520. The van der Waals surface area contributed by atoms with Crippen molar-refractivity contribution in [3.63, 3.8) is 0 Å². The minimum Gasteiger partial charge on any atom is -0.391 e. The molecule has 0 aliphatic carbocycles. The van der Waals surface area contributed by atoms with Gasteiger partial charge in [-0.25, -0.2) is 4.98 Å². The van der Waals surface area contributed by atoms with E-state index in [1.54, 1.807) is 0 Å². The summed E-state index contributed by atoms with van der Waals surface area (Å²) in [4.78, 5) is 4.05. The standard InChI is InChI=1S/C14H20N4OS/c1-9(2)10-3-5-11(6-4-10)15-8-12(19)7-13-16-14(20)18-17-13/h3-6,9,12,15,19H,7-8H2,1-2H3,(H2,16,17,18,20). The van der Waals surface area contributed by atoms with Crippen LogP contribution in [0, 0.1) is 4.77 Å². The van der Waals surface area contributed by atoms with Gasteiger partial charge in [-0.1, -0.05) is 26.0 Å². The van der Waals surface area contributed by atoms with Crippen molar-refractivity contribution >= 4 is 17.9 Å². The first kappa shape index (κ1) is 14.7. The Labute approximate surface area is 123 Å². The number of H-pyrrole nitrogens is 2. The van der Waals surface area contributed by atoms with E-state index in [4.69, 9.17) is 12.2 Å². The zero-order chi connectivity index (χ0) is 14.5. The molecule has 0 aliphatic rings. The quantitative estimate of drug-likeness (QED) is 0.617. The number of anilines is 1. The van der Waals surface area contributed by atoms with Crippen molar-refractivity contribution in [3.8, 4) is 0 Å². The number of hydrogen-bond acceptors (Lipinski definition) is 4. The van der Waals surface area contributed by atoms with E-state index in [1.165, 1.54) is 5.56 Å². The second-order valence-corrected chi connectivity index (χ2v) is 5.52. The summed E-state index contributed by atoms with van der Waals surface area (Å²) in [5.41, 5.74) is 2.31.